The highest BCUT2D eigenvalue weighted by Crippen LogP contribution is 2.41. The Balaban J connectivity index is 1.95. The second kappa shape index (κ2) is 9.96. The summed E-state index contributed by atoms with van der Waals surface area (Å²) in [7, 11) is 1.30. The Kier molecular flexibility index (Phi) is 7.33. The molecule has 2 aromatic rings. The van der Waals surface area contributed by atoms with Crippen LogP contribution in [-0.4, -0.2) is 36.7 Å². The van der Waals surface area contributed by atoms with Crippen molar-refractivity contribution in [2.45, 2.75) is 39.5 Å². The van der Waals surface area contributed by atoms with Crippen molar-refractivity contribution in [1.29, 1.82) is 0 Å². The van der Waals surface area contributed by atoms with Crippen LogP contribution < -0.4 is 10.1 Å². The number of carbonyl (C=O) groups is 3. The van der Waals surface area contributed by atoms with Crippen LogP contribution in [0.1, 0.15) is 47.8 Å². The topological polar surface area (TPSA) is 102 Å². The third-order valence-electron chi connectivity index (χ3n) is 5.58. The van der Waals surface area contributed by atoms with Crippen LogP contribution in [-0.2, 0) is 14.3 Å². The third kappa shape index (κ3) is 4.90. The van der Waals surface area contributed by atoms with Gasteiger partial charge >= 0.3 is 11.9 Å². The molecule has 1 heterocycles. The number of anilines is 1. The number of rotatable bonds is 7. The lowest BCUT2D eigenvalue weighted by molar-refractivity contribution is -0.147. The number of carboxylic acids is 1. The first kappa shape index (κ1) is 22.8. The number of nitrogens with one attached hydrogen (secondary N) is 1. The largest absolute Gasteiger partial charge is 0.494 e. The molecular weight excluding hydrogens is 418 g/mol. The van der Waals surface area contributed by atoms with Crippen LogP contribution in [0.15, 0.2) is 24.3 Å². The van der Waals surface area contributed by atoms with E-state index in [9.17, 15) is 19.5 Å². The minimum absolute atomic E-state index is 0.283. The van der Waals surface area contributed by atoms with Gasteiger partial charge in [0, 0.05) is 10.4 Å². The minimum Gasteiger partial charge on any atom is -0.494 e. The maximum atomic E-state index is 13.0. The van der Waals surface area contributed by atoms with E-state index in [4.69, 9.17) is 9.47 Å². The number of thiophene rings is 1. The Morgan fingerprint density at radius 3 is 2.35 bits per heavy atom. The summed E-state index contributed by atoms with van der Waals surface area (Å²) in [6.45, 7) is 4.33. The second-order valence-corrected chi connectivity index (χ2v) is 8.74. The molecule has 31 heavy (non-hydrogen) atoms. The Bertz CT molecular complexity index is 965. The molecule has 2 atom stereocenters. The quantitative estimate of drug-likeness (QED) is 0.597. The van der Waals surface area contributed by atoms with Gasteiger partial charge in [0.2, 0.25) is 5.91 Å². The van der Waals surface area contributed by atoms with Crippen molar-refractivity contribution >= 4 is 34.2 Å². The molecule has 0 radical (unpaired) electrons. The predicted octanol–water partition coefficient (Wildman–Crippen LogP) is 4.74. The average Bonchev–Trinajstić information content (AvgIpc) is 3.09. The molecule has 8 heteroatoms. The summed E-state index contributed by atoms with van der Waals surface area (Å²) in [5, 5.41) is 12.7. The summed E-state index contributed by atoms with van der Waals surface area (Å²) in [5.41, 5.74) is 1.78. The maximum Gasteiger partial charge on any atom is 0.341 e. The summed E-state index contributed by atoms with van der Waals surface area (Å²) in [5.74, 6) is -2.47. The van der Waals surface area contributed by atoms with Crippen LogP contribution in [0.5, 0.6) is 5.75 Å². The van der Waals surface area contributed by atoms with Crippen molar-refractivity contribution in [3.63, 3.8) is 0 Å². The van der Waals surface area contributed by atoms with E-state index >= 15 is 0 Å². The van der Waals surface area contributed by atoms with Crippen molar-refractivity contribution in [3.8, 4) is 16.9 Å². The Morgan fingerprint density at radius 2 is 1.77 bits per heavy atom. The highest BCUT2D eigenvalue weighted by Gasteiger charge is 2.36. The van der Waals surface area contributed by atoms with E-state index in [1.165, 1.54) is 18.4 Å². The van der Waals surface area contributed by atoms with Gasteiger partial charge in [-0.25, -0.2) is 4.79 Å². The number of aryl methyl sites for hydroxylation is 1. The molecule has 0 aliphatic heterocycles. The molecule has 0 saturated heterocycles. The van der Waals surface area contributed by atoms with E-state index < -0.39 is 23.8 Å². The molecule has 1 aromatic carbocycles. The Labute approximate surface area is 185 Å². The molecule has 0 unspecified atom stereocenters. The fourth-order valence-electron chi connectivity index (χ4n) is 4.11. The van der Waals surface area contributed by atoms with E-state index in [1.54, 1.807) is 0 Å². The highest BCUT2D eigenvalue weighted by atomic mass is 32.1. The van der Waals surface area contributed by atoms with E-state index in [0.29, 0.717) is 30.0 Å². The zero-order valence-corrected chi connectivity index (χ0v) is 18.7. The number of amides is 1. The lowest BCUT2D eigenvalue weighted by Crippen LogP contribution is -2.36. The zero-order chi connectivity index (χ0) is 22.5. The SMILES string of the molecule is CCOc1ccc(-c2c(C)sc(NC(=O)[C@@H]3CCCC[C@@H]3C(=O)O)c2C(=O)OC)cc1. The molecular formula is C23H27NO6S. The van der Waals surface area contributed by atoms with Crippen molar-refractivity contribution in [2.75, 3.05) is 19.0 Å². The first-order chi connectivity index (χ1) is 14.9. The molecule has 0 spiro atoms. The van der Waals surface area contributed by atoms with Crippen LogP contribution in [0, 0.1) is 18.8 Å². The second-order valence-electron chi connectivity index (χ2n) is 7.51. The fourth-order valence-corrected chi connectivity index (χ4v) is 5.17. The van der Waals surface area contributed by atoms with Crippen molar-refractivity contribution in [1.82, 2.24) is 0 Å². The smallest absolute Gasteiger partial charge is 0.341 e. The molecule has 7 nitrogen and oxygen atoms in total. The molecule has 1 aliphatic rings. The molecule has 2 N–H and O–H groups in total. The number of hydrogen-bond donors (Lipinski definition) is 2. The summed E-state index contributed by atoms with van der Waals surface area (Å²) >= 11 is 1.28. The number of aliphatic carboxylic acids is 1. The number of benzene rings is 1. The van der Waals surface area contributed by atoms with Gasteiger partial charge in [-0.05, 0) is 44.4 Å². The fraction of sp³-hybridized carbons (Fsp3) is 0.435. The molecule has 1 aromatic heterocycles. The predicted molar refractivity (Wildman–Crippen MR) is 119 cm³/mol. The van der Waals surface area contributed by atoms with E-state index in [0.717, 1.165) is 29.0 Å². The average molecular weight is 446 g/mol. The number of carbonyl (C=O) groups excluding carboxylic acids is 2. The molecule has 3 rings (SSSR count). The van der Waals surface area contributed by atoms with E-state index in [-0.39, 0.29) is 11.5 Å². The monoisotopic (exact) mass is 445 g/mol. The summed E-state index contributed by atoms with van der Waals surface area (Å²) < 4.78 is 10.5. The van der Waals surface area contributed by atoms with Gasteiger partial charge in [-0.3, -0.25) is 9.59 Å². The first-order valence-corrected chi connectivity index (χ1v) is 11.2. The maximum absolute atomic E-state index is 13.0. The molecule has 0 bridgehead atoms. The molecule has 166 valence electrons. The van der Waals surface area contributed by atoms with E-state index in [1.807, 2.05) is 38.1 Å². The lowest BCUT2D eigenvalue weighted by Gasteiger charge is -2.27. The zero-order valence-electron chi connectivity index (χ0n) is 17.9. The van der Waals surface area contributed by atoms with Gasteiger partial charge in [0.1, 0.15) is 16.3 Å². The van der Waals surface area contributed by atoms with Gasteiger partial charge in [-0.15, -0.1) is 11.3 Å². The Hall–Kier alpha value is -2.87. The number of methoxy groups -OCH3 is 1. The van der Waals surface area contributed by atoms with Gasteiger partial charge in [-0.1, -0.05) is 25.0 Å². The van der Waals surface area contributed by atoms with Crippen LogP contribution in [0.25, 0.3) is 11.1 Å². The van der Waals surface area contributed by atoms with Gasteiger partial charge < -0.3 is 19.9 Å². The van der Waals surface area contributed by atoms with Crippen LogP contribution in [0.4, 0.5) is 5.00 Å². The molecule has 1 aliphatic carbocycles. The van der Waals surface area contributed by atoms with Crippen molar-refractivity contribution in [3.05, 3.63) is 34.7 Å². The van der Waals surface area contributed by atoms with Gasteiger partial charge in [0.15, 0.2) is 0 Å². The van der Waals surface area contributed by atoms with Gasteiger partial charge in [0.25, 0.3) is 0 Å². The van der Waals surface area contributed by atoms with Gasteiger partial charge in [0.05, 0.1) is 25.6 Å². The number of hydrogen-bond acceptors (Lipinski definition) is 6. The van der Waals surface area contributed by atoms with Crippen LogP contribution >= 0.6 is 11.3 Å². The van der Waals surface area contributed by atoms with Crippen LogP contribution in [0.2, 0.25) is 0 Å². The highest BCUT2D eigenvalue weighted by molar-refractivity contribution is 7.17. The van der Waals surface area contributed by atoms with Gasteiger partial charge in [-0.2, -0.15) is 0 Å². The first-order valence-electron chi connectivity index (χ1n) is 10.4. The standard InChI is InChI=1S/C23H27NO6S/c1-4-30-15-11-9-14(10-12-15)18-13(2)31-21(19(18)23(28)29-3)24-20(25)16-7-5-6-8-17(16)22(26)27/h9-12,16-17H,4-8H2,1-3H3,(H,24,25)(H,26,27)/t16-,17+/m1/s1. The molecule has 1 amide bonds. The number of ether oxygens (including phenoxy) is 2. The molecule has 1 saturated carbocycles. The number of esters is 1. The van der Waals surface area contributed by atoms with Crippen molar-refractivity contribution < 1.29 is 29.0 Å². The summed E-state index contributed by atoms with van der Waals surface area (Å²) in [6.07, 6.45) is 2.62. The van der Waals surface area contributed by atoms with Crippen molar-refractivity contribution in [2.24, 2.45) is 11.8 Å². The Morgan fingerprint density at radius 1 is 1.13 bits per heavy atom. The van der Waals surface area contributed by atoms with E-state index in [2.05, 4.69) is 5.32 Å². The summed E-state index contributed by atoms with van der Waals surface area (Å²) in [6, 6.07) is 7.38. The van der Waals surface area contributed by atoms with Crippen LogP contribution in [0.3, 0.4) is 0 Å². The summed E-state index contributed by atoms with van der Waals surface area (Å²) in [4.78, 5) is 38.1. The third-order valence-corrected chi connectivity index (χ3v) is 6.61. The number of carboxylic acid groups (broad SMARTS) is 1. The minimum atomic E-state index is -0.953. The lowest BCUT2D eigenvalue weighted by atomic mass is 9.78. The normalized spacial score (nSPS) is 18.3. The molecule has 1 fully saturated rings.